The summed E-state index contributed by atoms with van der Waals surface area (Å²) < 4.78 is 5.34. The third kappa shape index (κ3) is 5.07. The molecule has 2 aromatic carbocycles. The topological polar surface area (TPSA) is 84.7 Å². The van der Waals surface area contributed by atoms with Crippen molar-refractivity contribution in [3.8, 4) is 5.75 Å². The van der Waals surface area contributed by atoms with Gasteiger partial charge in [-0.3, -0.25) is 19.8 Å². The molecule has 1 fully saturated rings. The first kappa shape index (κ1) is 19.8. The van der Waals surface area contributed by atoms with Crippen LogP contribution in [0.4, 0.5) is 5.69 Å². The van der Waals surface area contributed by atoms with E-state index in [0.29, 0.717) is 18.8 Å². The van der Waals surface area contributed by atoms with Gasteiger partial charge in [0.1, 0.15) is 5.75 Å². The highest BCUT2D eigenvalue weighted by molar-refractivity contribution is 5.78. The molecule has 0 aliphatic carbocycles. The second-order valence-corrected chi connectivity index (χ2v) is 7.01. The van der Waals surface area contributed by atoms with E-state index < -0.39 is 4.92 Å². The standard InChI is InChI=1S/C21H25N3O4/c1-28-20-8-7-19(24(26)27)13-18(20)15-23-11-9-17(10-12-23)21(25)22-14-16-5-3-2-4-6-16/h2-8,13,17H,9-12,14-15H2,1H3,(H,22,25). The lowest BCUT2D eigenvalue weighted by molar-refractivity contribution is -0.385. The van der Waals surface area contributed by atoms with Crippen LogP contribution in [0.2, 0.25) is 0 Å². The van der Waals surface area contributed by atoms with Crippen LogP contribution >= 0.6 is 0 Å². The van der Waals surface area contributed by atoms with Gasteiger partial charge >= 0.3 is 0 Å². The number of benzene rings is 2. The van der Waals surface area contributed by atoms with E-state index >= 15 is 0 Å². The Labute approximate surface area is 164 Å². The quantitative estimate of drug-likeness (QED) is 0.586. The van der Waals surface area contributed by atoms with Crippen molar-refractivity contribution >= 4 is 11.6 Å². The Morgan fingerprint density at radius 3 is 2.57 bits per heavy atom. The number of nitro groups is 1. The molecular weight excluding hydrogens is 358 g/mol. The molecule has 0 bridgehead atoms. The Morgan fingerprint density at radius 1 is 1.21 bits per heavy atom. The van der Waals surface area contributed by atoms with Crippen LogP contribution in [-0.4, -0.2) is 35.9 Å². The lowest BCUT2D eigenvalue weighted by Crippen LogP contribution is -2.40. The van der Waals surface area contributed by atoms with Crippen molar-refractivity contribution < 1.29 is 14.5 Å². The molecule has 1 saturated heterocycles. The predicted molar refractivity (Wildman–Crippen MR) is 106 cm³/mol. The number of nitro benzene ring substituents is 1. The van der Waals surface area contributed by atoms with Crippen LogP contribution in [0, 0.1) is 16.0 Å². The van der Waals surface area contributed by atoms with Crippen molar-refractivity contribution in [3.05, 3.63) is 69.8 Å². The summed E-state index contributed by atoms with van der Waals surface area (Å²) in [6.07, 6.45) is 1.55. The van der Waals surface area contributed by atoms with Gasteiger partial charge in [0, 0.05) is 36.7 Å². The zero-order valence-electron chi connectivity index (χ0n) is 16.0. The first-order chi connectivity index (χ1) is 13.6. The fraction of sp³-hybridized carbons (Fsp3) is 0.381. The maximum absolute atomic E-state index is 12.4. The van der Waals surface area contributed by atoms with Crippen LogP contribution in [0.15, 0.2) is 48.5 Å². The number of hydrogen-bond acceptors (Lipinski definition) is 5. The summed E-state index contributed by atoms with van der Waals surface area (Å²) in [5.41, 5.74) is 1.95. The molecule has 0 saturated carbocycles. The second-order valence-electron chi connectivity index (χ2n) is 7.01. The van der Waals surface area contributed by atoms with E-state index in [9.17, 15) is 14.9 Å². The fourth-order valence-corrected chi connectivity index (χ4v) is 3.53. The maximum atomic E-state index is 12.4. The van der Waals surface area contributed by atoms with Crippen molar-refractivity contribution in [3.63, 3.8) is 0 Å². The van der Waals surface area contributed by atoms with E-state index in [-0.39, 0.29) is 17.5 Å². The predicted octanol–water partition coefficient (Wildman–Crippen LogP) is 3.13. The molecule has 1 heterocycles. The van der Waals surface area contributed by atoms with Crippen LogP contribution in [0.3, 0.4) is 0 Å². The molecule has 0 radical (unpaired) electrons. The summed E-state index contributed by atoms with van der Waals surface area (Å²) in [5, 5.41) is 14.1. The lowest BCUT2D eigenvalue weighted by atomic mass is 9.95. The first-order valence-electron chi connectivity index (χ1n) is 9.42. The molecule has 0 aromatic heterocycles. The molecule has 7 nitrogen and oxygen atoms in total. The average Bonchev–Trinajstić information content (AvgIpc) is 2.73. The van der Waals surface area contributed by atoms with Gasteiger partial charge in [-0.2, -0.15) is 0 Å². The second kappa shape index (κ2) is 9.32. The molecule has 3 rings (SSSR count). The molecule has 7 heteroatoms. The number of nitrogens with one attached hydrogen (secondary N) is 1. The molecular formula is C21H25N3O4. The van der Waals surface area contributed by atoms with E-state index in [2.05, 4.69) is 10.2 Å². The minimum absolute atomic E-state index is 0.00645. The van der Waals surface area contributed by atoms with E-state index in [1.807, 2.05) is 30.3 Å². The number of methoxy groups -OCH3 is 1. The molecule has 2 aromatic rings. The molecule has 28 heavy (non-hydrogen) atoms. The minimum atomic E-state index is -0.397. The van der Waals surface area contributed by atoms with Gasteiger partial charge in [-0.05, 0) is 37.6 Å². The normalized spacial score (nSPS) is 15.2. The maximum Gasteiger partial charge on any atom is 0.270 e. The minimum Gasteiger partial charge on any atom is -0.496 e. The van der Waals surface area contributed by atoms with Gasteiger partial charge < -0.3 is 10.1 Å². The van der Waals surface area contributed by atoms with Crippen molar-refractivity contribution in [1.82, 2.24) is 10.2 Å². The largest absolute Gasteiger partial charge is 0.496 e. The number of hydrogen-bond donors (Lipinski definition) is 1. The van der Waals surface area contributed by atoms with Crippen molar-refractivity contribution in [2.75, 3.05) is 20.2 Å². The van der Waals surface area contributed by atoms with E-state index in [0.717, 1.165) is 37.1 Å². The van der Waals surface area contributed by atoms with E-state index in [1.165, 1.54) is 6.07 Å². The Hall–Kier alpha value is -2.93. The first-order valence-corrected chi connectivity index (χ1v) is 9.42. The van der Waals surface area contributed by atoms with Crippen molar-refractivity contribution in [2.45, 2.75) is 25.9 Å². The zero-order chi connectivity index (χ0) is 19.9. The summed E-state index contributed by atoms with van der Waals surface area (Å²) in [5.74, 6) is 0.747. The summed E-state index contributed by atoms with van der Waals surface area (Å²) in [6.45, 7) is 2.67. The Kier molecular flexibility index (Phi) is 6.60. The molecule has 148 valence electrons. The number of non-ortho nitro benzene ring substituents is 1. The number of nitrogens with zero attached hydrogens (tertiary/aromatic N) is 2. The number of amides is 1. The smallest absolute Gasteiger partial charge is 0.270 e. The number of carbonyl (C=O) groups is 1. The van der Waals surface area contributed by atoms with E-state index in [1.54, 1.807) is 19.2 Å². The van der Waals surface area contributed by atoms with Gasteiger partial charge in [-0.25, -0.2) is 0 Å². The van der Waals surface area contributed by atoms with Crippen LogP contribution in [0.25, 0.3) is 0 Å². The summed E-state index contributed by atoms with van der Waals surface area (Å²) in [7, 11) is 1.56. The molecule has 1 aliphatic heterocycles. The number of likely N-dealkylation sites (tertiary alicyclic amines) is 1. The SMILES string of the molecule is COc1ccc([N+](=O)[O-])cc1CN1CCC(C(=O)NCc2ccccc2)CC1. The molecule has 0 atom stereocenters. The number of rotatable bonds is 7. The molecule has 0 spiro atoms. The number of ether oxygens (including phenoxy) is 1. The molecule has 0 unspecified atom stereocenters. The summed E-state index contributed by atoms with van der Waals surface area (Å²) in [4.78, 5) is 25.3. The van der Waals surface area contributed by atoms with Crippen molar-refractivity contribution in [2.24, 2.45) is 5.92 Å². The summed E-state index contributed by atoms with van der Waals surface area (Å²) >= 11 is 0. The van der Waals surface area contributed by atoms with Gasteiger partial charge in [0.15, 0.2) is 0 Å². The van der Waals surface area contributed by atoms with Gasteiger partial charge in [0.25, 0.3) is 5.69 Å². The number of piperidine rings is 1. The lowest BCUT2D eigenvalue weighted by Gasteiger charge is -2.31. The Morgan fingerprint density at radius 2 is 1.93 bits per heavy atom. The molecule has 1 amide bonds. The Bertz CT molecular complexity index is 818. The van der Waals surface area contributed by atoms with Gasteiger partial charge in [-0.15, -0.1) is 0 Å². The Balaban J connectivity index is 1.52. The average molecular weight is 383 g/mol. The molecule has 1 N–H and O–H groups in total. The van der Waals surface area contributed by atoms with Crippen LogP contribution < -0.4 is 10.1 Å². The zero-order valence-corrected chi connectivity index (χ0v) is 16.0. The van der Waals surface area contributed by atoms with Gasteiger partial charge in [0.2, 0.25) is 5.91 Å². The third-order valence-electron chi connectivity index (χ3n) is 5.14. The highest BCUT2D eigenvalue weighted by atomic mass is 16.6. The van der Waals surface area contributed by atoms with E-state index in [4.69, 9.17) is 4.74 Å². The third-order valence-corrected chi connectivity index (χ3v) is 5.14. The van der Waals surface area contributed by atoms with Gasteiger partial charge in [0.05, 0.1) is 12.0 Å². The fourth-order valence-electron chi connectivity index (χ4n) is 3.53. The highest BCUT2D eigenvalue weighted by Crippen LogP contribution is 2.27. The number of carbonyl (C=O) groups excluding carboxylic acids is 1. The molecule has 1 aliphatic rings. The monoisotopic (exact) mass is 383 g/mol. The van der Waals surface area contributed by atoms with Crippen molar-refractivity contribution in [1.29, 1.82) is 0 Å². The summed E-state index contributed by atoms with van der Waals surface area (Å²) in [6, 6.07) is 14.5. The van der Waals surface area contributed by atoms with Crippen LogP contribution in [-0.2, 0) is 17.9 Å². The highest BCUT2D eigenvalue weighted by Gasteiger charge is 2.25. The van der Waals surface area contributed by atoms with Crippen LogP contribution in [0.1, 0.15) is 24.0 Å². The van der Waals surface area contributed by atoms with Crippen LogP contribution in [0.5, 0.6) is 5.75 Å². The van der Waals surface area contributed by atoms with Gasteiger partial charge in [-0.1, -0.05) is 30.3 Å².